The normalized spacial score (nSPS) is 13.9. The Hall–Kier alpha value is -2.67. The molecule has 2 aromatic rings. The molecule has 3 rings (SSSR count). The van der Waals surface area contributed by atoms with Crippen molar-refractivity contribution in [3.8, 4) is 5.75 Å². The number of nitrogens with zero attached hydrogens (tertiary/aromatic N) is 2. The molecule has 27 heavy (non-hydrogen) atoms. The number of nitrogens with one attached hydrogen (secondary N) is 1. The SMILES string of the molecule is Cc1nc(COc2ccccc2/C=C/C(=O)NCC(=O)N2CCCC2)cs1. The van der Waals surface area contributed by atoms with Crippen LogP contribution in [0.25, 0.3) is 6.08 Å². The van der Waals surface area contributed by atoms with Gasteiger partial charge in [-0.25, -0.2) is 4.98 Å². The summed E-state index contributed by atoms with van der Waals surface area (Å²) >= 11 is 1.59. The third-order valence-electron chi connectivity index (χ3n) is 4.25. The molecule has 0 unspecified atom stereocenters. The number of hydrogen-bond acceptors (Lipinski definition) is 5. The van der Waals surface area contributed by atoms with Gasteiger partial charge < -0.3 is 15.0 Å². The Morgan fingerprint density at radius 3 is 2.81 bits per heavy atom. The lowest BCUT2D eigenvalue weighted by Crippen LogP contribution is -2.38. The Bertz CT molecular complexity index is 825. The van der Waals surface area contributed by atoms with Gasteiger partial charge in [-0.2, -0.15) is 0 Å². The highest BCUT2D eigenvalue weighted by molar-refractivity contribution is 7.09. The van der Waals surface area contributed by atoms with Gasteiger partial charge in [-0.05, 0) is 31.9 Å². The number of carbonyl (C=O) groups is 2. The first-order valence-corrected chi connectivity index (χ1v) is 9.86. The molecule has 1 aromatic carbocycles. The van der Waals surface area contributed by atoms with E-state index in [2.05, 4.69) is 10.3 Å². The van der Waals surface area contributed by atoms with Gasteiger partial charge in [0.1, 0.15) is 12.4 Å². The number of amides is 2. The van der Waals surface area contributed by atoms with E-state index in [-0.39, 0.29) is 18.4 Å². The molecule has 1 aromatic heterocycles. The summed E-state index contributed by atoms with van der Waals surface area (Å²) in [7, 11) is 0. The molecule has 1 aliphatic rings. The van der Waals surface area contributed by atoms with Gasteiger partial charge >= 0.3 is 0 Å². The molecule has 2 amide bonds. The summed E-state index contributed by atoms with van der Waals surface area (Å²) in [6, 6.07) is 7.50. The monoisotopic (exact) mass is 385 g/mol. The van der Waals surface area contributed by atoms with Crippen LogP contribution in [0.4, 0.5) is 0 Å². The van der Waals surface area contributed by atoms with E-state index < -0.39 is 0 Å². The Labute approximate surface area is 162 Å². The van der Waals surface area contributed by atoms with E-state index in [1.807, 2.05) is 36.6 Å². The number of benzene rings is 1. The molecular weight excluding hydrogens is 362 g/mol. The van der Waals surface area contributed by atoms with Gasteiger partial charge in [0, 0.05) is 30.1 Å². The Kier molecular flexibility index (Phi) is 6.59. The van der Waals surface area contributed by atoms with Gasteiger partial charge in [-0.15, -0.1) is 11.3 Å². The third kappa shape index (κ3) is 5.65. The van der Waals surface area contributed by atoms with Crippen molar-refractivity contribution in [2.24, 2.45) is 0 Å². The minimum absolute atomic E-state index is 0.0310. The lowest BCUT2D eigenvalue weighted by molar-refractivity contribution is -0.131. The second kappa shape index (κ2) is 9.32. The van der Waals surface area contributed by atoms with E-state index in [0.717, 1.165) is 42.2 Å². The van der Waals surface area contributed by atoms with Crippen molar-refractivity contribution in [1.82, 2.24) is 15.2 Å². The maximum absolute atomic E-state index is 12.0. The van der Waals surface area contributed by atoms with Gasteiger partial charge in [-0.3, -0.25) is 9.59 Å². The molecule has 0 saturated carbocycles. The number of para-hydroxylation sites is 1. The summed E-state index contributed by atoms with van der Waals surface area (Å²) in [5, 5.41) is 5.62. The first kappa shape index (κ1) is 19.1. The highest BCUT2D eigenvalue weighted by Gasteiger charge is 2.17. The zero-order valence-electron chi connectivity index (χ0n) is 15.3. The highest BCUT2D eigenvalue weighted by Crippen LogP contribution is 2.21. The number of rotatable bonds is 7. The van der Waals surface area contributed by atoms with Crippen molar-refractivity contribution in [3.05, 3.63) is 52.0 Å². The molecule has 0 atom stereocenters. The molecule has 6 nitrogen and oxygen atoms in total. The van der Waals surface area contributed by atoms with Gasteiger partial charge in [0.2, 0.25) is 11.8 Å². The van der Waals surface area contributed by atoms with Gasteiger partial charge in [0.05, 0.1) is 17.2 Å². The van der Waals surface area contributed by atoms with E-state index in [1.54, 1.807) is 22.3 Å². The van der Waals surface area contributed by atoms with E-state index in [1.165, 1.54) is 6.08 Å². The molecule has 1 saturated heterocycles. The fourth-order valence-corrected chi connectivity index (χ4v) is 3.44. The lowest BCUT2D eigenvalue weighted by Gasteiger charge is -2.14. The van der Waals surface area contributed by atoms with Crippen LogP contribution in [0.1, 0.15) is 29.1 Å². The number of thiazole rings is 1. The molecule has 142 valence electrons. The van der Waals surface area contributed by atoms with Crippen molar-refractivity contribution in [2.75, 3.05) is 19.6 Å². The summed E-state index contributed by atoms with van der Waals surface area (Å²) in [6.07, 6.45) is 5.19. The Morgan fingerprint density at radius 1 is 1.30 bits per heavy atom. The number of hydrogen-bond donors (Lipinski definition) is 1. The maximum Gasteiger partial charge on any atom is 0.244 e. The van der Waals surface area contributed by atoms with Crippen LogP contribution in [0.5, 0.6) is 5.75 Å². The van der Waals surface area contributed by atoms with Gasteiger partial charge in [0.15, 0.2) is 0 Å². The van der Waals surface area contributed by atoms with Crippen LogP contribution in [0, 0.1) is 6.92 Å². The molecule has 1 fully saturated rings. The summed E-state index contributed by atoms with van der Waals surface area (Å²) in [5.74, 6) is 0.351. The van der Waals surface area contributed by atoms with Crippen molar-refractivity contribution in [3.63, 3.8) is 0 Å². The summed E-state index contributed by atoms with van der Waals surface area (Å²) in [5.41, 5.74) is 1.68. The quantitative estimate of drug-likeness (QED) is 0.744. The van der Waals surface area contributed by atoms with Crippen LogP contribution >= 0.6 is 11.3 Å². The molecule has 0 spiro atoms. The predicted octanol–water partition coefficient (Wildman–Crippen LogP) is 2.78. The lowest BCUT2D eigenvalue weighted by atomic mass is 10.2. The van der Waals surface area contributed by atoms with Crippen molar-refractivity contribution >= 4 is 29.2 Å². The smallest absolute Gasteiger partial charge is 0.244 e. The molecule has 2 heterocycles. The van der Waals surface area contributed by atoms with Crippen LogP contribution < -0.4 is 10.1 Å². The Balaban J connectivity index is 1.53. The zero-order valence-corrected chi connectivity index (χ0v) is 16.1. The molecule has 0 aliphatic carbocycles. The second-order valence-electron chi connectivity index (χ2n) is 6.32. The number of ether oxygens (including phenoxy) is 1. The largest absolute Gasteiger partial charge is 0.487 e. The molecule has 0 radical (unpaired) electrons. The highest BCUT2D eigenvalue weighted by atomic mass is 32.1. The number of likely N-dealkylation sites (tertiary alicyclic amines) is 1. The Morgan fingerprint density at radius 2 is 2.07 bits per heavy atom. The maximum atomic E-state index is 12.0. The van der Waals surface area contributed by atoms with Crippen LogP contribution in [-0.4, -0.2) is 41.3 Å². The summed E-state index contributed by atoms with van der Waals surface area (Å²) in [4.78, 5) is 30.1. The van der Waals surface area contributed by atoms with Gasteiger partial charge in [0.25, 0.3) is 0 Å². The van der Waals surface area contributed by atoms with Crippen molar-refractivity contribution < 1.29 is 14.3 Å². The van der Waals surface area contributed by atoms with Crippen LogP contribution in [0.15, 0.2) is 35.7 Å². The molecule has 1 N–H and O–H groups in total. The van der Waals surface area contributed by atoms with Crippen molar-refractivity contribution in [1.29, 1.82) is 0 Å². The van der Waals surface area contributed by atoms with Crippen LogP contribution in [-0.2, 0) is 16.2 Å². The number of carbonyl (C=O) groups excluding carboxylic acids is 2. The fourth-order valence-electron chi connectivity index (χ4n) is 2.84. The predicted molar refractivity (Wildman–Crippen MR) is 105 cm³/mol. The van der Waals surface area contributed by atoms with E-state index in [4.69, 9.17) is 4.74 Å². The number of aromatic nitrogens is 1. The first-order valence-electron chi connectivity index (χ1n) is 8.98. The van der Waals surface area contributed by atoms with E-state index in [0.29, 0.717) is 12.4 Å². The van der Waals surface area contributed by atoms with Gasteiger partial charge in [-0.1, -0.05) is 18.2 Å². The topological polar surface area (TPSA) is 71.5 Å². The fraction of sp³-hybridized carbons (Fsp3) is 0.350. The molecule has 0 bridgehead atoms. The van der Waals surface area contributed by atoms with Crippen LogP contribution in [0.2, 0.25) is 0 Å². The first-order chi connectivity index (χ1) is 13.1. The van der Waals surface area contributed by atoms with Crippen LogP contribution in [0.3, 0.4) is 0 Å². The average molecular weight is 385 g/mol. The minimum atomic E-state index is -0.299. The zero-order chi connectivity index (χ0) is 19.1. The third-order valence-corrected chi connectivity index (χ3v) is 5.07. The second-order valence-corrected chi connectivity index (χ2v) is 7.39. The van der Waals surface area contributed by atoms with E-state index >= 15 is 0 Å². The van der Waals surface area contributed by atoms with E-state index in [9.17, 15) is 9.59 Å². The number of aryl methyl sites for hydroxylation is 1. The standard InChI is InChI=1S/C20H23N3O3S/c1-15-22-17(14-27-15)13-26-18-7-3-2-6-16(18)8-9-19(24)21-12-20(25)23-10-4-5-11-23/h2-3,6-9,14H,4-5,10-13H2,1H3,(H,21,24)/b9-8+. The minimum Gasteiger partial charge on any atom is -0.487 e. The molecular formula is C20H23N3O3S. The average Bonchev–Trinajstić information content (AvgIpc) is 3.35. The summed E-state index contributed by atoms with van der Waals surface area (Å²) in [6.45, 7) is 3.94. The molecule has 7 heteroatoms. The summed E-state index contributed by atoms with van der Waals surface area (Å²) < 4.78 is 5.83. The van der Waals surface area contributed by atoms with Crippen molar-refractivity contribution in [2.45, 2.75) is 26.4 Å². The molecule has 1 aliphatic heterocycles.